The van der Waals surface area contributed by atoms with Gasteiger partial charge in [0, 0.05) is 30.3 Å². The van der Waals surface area contributed by atoms with Gasteiger partial charge in [0.15, 0.2) is 0 Å². The molecule has 0 bridgehead atoms. The first-order valence-corrected chi connectivity index (χ1v) is 11.8. The molecule has 2 saturated carbocycles. The molecule has 2 fully saturated rings. The third-order valence-corrected chi connectivity index (χ3v) is 7.47. The number of anilines is 2. The standard InChI is InChI=1S/C22H27N5O3S/c1-12(28)25-18-10-23-11-27(18)15-6-7-17-16(8-15)19(21(30)24-9-13-2-3-13)22(31-17)26-20(29)14-4-5-14/h10-11,13-15H,2-9H2,1H3,(H,24,30)(H,25,28)(H,26,29)/t15-/m0/s1. The number of hydrogen-bond donors (Lipinski definition) is 3. The van der Waals surface area contributed by atoms with Crippen molar-refractivity contribution in [1.29, 1.82) is 0 Å². The van der Waals surface area contributed by atoms with Gasteiger partial charge in [-0.25, -0.2) is 4.98 Å². The fraction of sp³-hybridized carbons (Fsp3) is 0.545. The molecule has 2 aromatic heterocycles. The summed E-state index contributed by atoms with van der Waals surface area (Å²) in [7, 11) is 0. The first-order valence-electron chi connectivity index (χ1n) is 11.0. The first-order chi connectivity index (χ1) is 15.0. The highest BCUT2D eigenvalue weighted by molar-refractivity contribution is 7.17. The van der Waals surface area contributed by atoms with Gasteiger partial charge in [-0.15, -0.1) is 11.3 Å². The summed E-state index contributed by atoms with van der Waals surface area (Å²) in [5.74, 6) is 1.12. The van der Waals surface area contributed by atoms with E-state index in [1.807, 2.05) is 4.57 Å². The second kappa shape index (κ2) is 8.11. The van der Waals surface area contributed by atoms with Gasteiger partial charge in [0.1, 0.15) is 10.8 Å². The van der Waals surface area contributed by atoms with Gasteiger partial charge in [0.25, 0.3) is 5.91 Å². The summed E-state index contributed by atoms with van der Waals surface area (Å²) in [6.07, 6.45) is 9.94. The van der Waals surface area contributed by atoms with Gasteiger partial charge in [-0.1, -0.05) is 0 Å². The Labute approximate surface area is 184 Å². The van der Waals surface area contributed by atoms with Gasteiger partial charge in [0.2, 0.25) is 11.8 Å². The monoisotopic (exact) mass is 441 g/mol. The van der Waals surface area contributed by atoms with Crippen LogP contribution >= 0.6 is 11.3 Å². The number of rotatable bonds is 7. The predicted octanol–water partition coefficient (Wildman–Crippen LogP) is 3.12. The number of fused-ring (bicyclic) bond motifs is 1. The van der Waals surface area contributed by atoms with E-state index in [1.54, 1.807) is 23.9 Å². The minimum atomic E-state index is -0.140. The van der Waals surface area contributed by atoms with Crippen LogP contribution in [-0.4, -0.2) is 33.8 Å². The summed E-state index contributed by atoms with van der Waals surface area (Å²) in [6.45, 7) is 2.17. The second-order valence-corrected chi connectivity index (χ2v) is 9.99. The lowest BCUT2D eigenvalue weighted by molar-refractivity contribution is -0.117. The molecule has 0 saturated heterocycles. The molecule has 3 aliphatic rings. The Morgan fingerprint density at radius 3 is 2.68 bits per heavy atom. The topological polar surface area (TPSA) is 105 Å². The molecule has 0 aromatic carbocycles. The Morgan fingerprint density at radius 1 is 1.16 bits per heavy atom. The number of imidazole rings is 1. The minimum absolute atomic E-state index is 0.0222. The number of amides is 3. The predicted molar refractivity (Wildman–Crippen MR) is 118 cm³/mol. The van der Waals surface area contributed by atoms with Crippen LogP contribution in [0.25, 0.3) is 0 Å². The largest absolute Gasteiger partial charge is 0.352 e. The number of carbonyl (C=O) groups is 3. The molecule has 31 heavy (non-hydrogen) atoms. The van der Waals surface area contributed by atoms with Crippen LogP contribution in [0.2, 0.25) is 0 Å². The molecule has 3 aliphatic carbocycles. The van der Waals surface area contributed by atoms with Crippen molar-refractivity contribution < 1.29 is 14.4 Å². The normalized spacial score (nSPS) is 20.1. The van der Waals surface area contributed by atoms with Crippen LogP contribution in [0, 0.1) is 11.8 Å². The number of aryl methyl sites for hydroxylation is 1. The van der Waals surface area contributed by atoms with Crippen LogP contribution < -0.4 is 16.0 Å². The lowest BCUT2D eigenvalue weighted by Crippen LogP contribution is -2.29. The molecule has 3 amide bonds. The Balaban J connectivity index is 1.43. The zero-order valence-electron chi connectivity index (χ0n) is 17.6. The van der Waals surface area contributed by atoms with Crippen molar-refractivity contribution in [3.05, 3.63) is 28.5 Å². The fourth-order valence-corrected chi connectivity index (χ4v) is 5.46. The van der Waals surface area contributed by atoms with Crippen molar-refractivity contribution in [2.75, 3.05) is 17.2 Å². The lowest BCUT2D eigenvalue weighted by atomic mass is 9.91. The smallest absolute Gasteiger partial charge is 0.254 e. The summed E-state index contributed by atoms with van der Waals surface area (Å²) in [5, 5.41) is 9.64. The Kier molecular flexibility index (Phi) is 5.29. The molecule has 3 N–H and O–H groups in total. The molecule has 0 spiro atoms. The first kappa shape index (κ1) is 20.2. The van der Waals surface area contributed by atoms with Crippen LogP contribution in [0.1, 0.15) is 65.9 Å². The van der Waals surface area contributed by atoms with Crippen LogP contribution in [0.4, 0.5) is 10.8 Å². The van der Waals surface area contributed by atoms with Crippen molar-refractivity contribution in [3.63, 3.8) is 0 Å². The van der Waals surface area contributed by atoms with Crippen molar-refractivity contribution in [1.82, 2.24) is 14.9 Å². The third kappa shape index (κ3) is 4.37. The van der Waals surface area contributed by atoms with Crippen molar-refractivity contribution in [3.8, 4) is 0 Å². The van der Waals surface area contributed by atoms with Gasteiger partial charge < -0.3 is 20.5 Å². The van der Waals surface area contributed by atoms with Gasteiger partial charge in [-0.3, -0.25) is 14.4 Å². The maximum Gasteiger partial charge on any atom is 0.254 e. The molecule has 0 radical (unpaired) electrons. The zero-order chi connectivity index (χ0) is 21.5. The quantitative estimate of drug-likeness (QED) is 0.614. The van der Waals surface area contributed by atoms with Gasteiger partial charge in [-0.2, -0.15) is 0 Å². The van der Waals surface area contributed by atoms with E-state index in [0.717, 1.165) is 31.2 Å². The van der Waals surface area contributed by atoms with Crippen molar-refractivity contribution in [2.24, 2.45) is 11.8 Å². The molecule has 0 unspecified atom stereocenters. The van der Waals surface area contributed by atoms with E-state index in [-0.39, 0.29) is 29.7 Å². The Morgan fingerprint density at radius 2 is 1.97 bits per heavy atom. The molecule has 1 atom stereocenters. The molecule has 8 nitrogen and oxygen atoms in total. The van der Waals surface area contributed by atoms with Crippen LogP contribution in [0.15, 0.2) is 12.5 Å². The zero-order valence-corrected chi connectivity index (χ0v) is 18.4. The highest BCUT2D eigenvalue weighted by atomic mass is 32.1. The van der Waals surface area contributed by atoms with Crippen LogP contribution in [-0.2, 0) is 22.4 Å². The maximum atomic E-state index is 13.2. The molecular formula is C22H27N5O3S. The van der Waals surface area contributed by atoms with Gasteiger partial charge in [-0.05, 0) is 56.4 Å². The van der Waals surface area contributed by atoms with E-state index < -0.39 is 0 Å². The molecule has 0 aliphatic heterocycles. The van der Waals surface area contributed by atoms with Crippen molar-refractivity contribution in [2.45, 2.75) is 57.9 Å². The SMILES string of the molecule is CC(=O)Nc1cncn1[C@H]1CCc2sc(NC(=O)C3CC3)c(C(=O)NCC3CC3)c2C1. The van der Waals surface area contributed by atoms with E-state index in [9.17, 15) is 14.4 Å². The fourth-order valence-electron chi connectivity index (χ4n) is 4.21. The summed E-state index contributed by atoms with van der Waals surface area (Å²) < 4.78 is 1.98. The third-order valence-electron chi connectivity index (χ3n) is 6.26. The van der Waals surface area contributed by atoms with Gasteiger partial charge in [0.05, 0.1) is 18.1 Å². The average Bonchev–Trinajstić information content (AvgIpc) is 3.65. The van der Waals surface area contributed by atoms with Crippen molar-refractivity contribution >= 4 is 39.9 Å². The van der Waals surface area contributed by atoms with E-state index >= 15 is 0 Å². The Bertz CT molecular complexity index is 1030. The van der Waals surface area contributed by atoms with Crippen LogP contribution in [0.5, 0.6) is 0 Å². The number of aromatic nitrogens is 2. The molecule has 164 valence electrons. The summed E-state index contributed by atoms with van der Waals surface area (Å²) >= 11 is 1.54. The molecular weight excluding hydrogens is 414 g/mol. The van der Waals surface area contributed by atoms with E-state index in [4.69, 9.17) is 0 Å². The molecule has 9 heteroatoms. The highest BCUT2D eigenvalue weighted by Crippen LogP contribution is 2.42. The van der Waals surface area contributed by atoms with E-state index in [1.165, 1.54) is 24.6 Å². The summed E-state index contributed by atoms with van der Waals surface area (Å²) in [4.78, 5) is 42.5. The van der Waals surface area contributed by atoms with Gasteiger partial charge >= 0.3 is 0 Å². The summed E-state index contributed by atoms with van der Waals surface area (Å²) in [5.41, 5.74) is 1.64. The number of carbonyl (C=O) groups excluding carboxylic acids is 3. The summed E-state index contributed by atoms with van der Waals surface area (Å²) in [6, 6.07) is 0.0911. The Hall–Kier alpha value is -2.68. The van der Waals surface area contributed by atoms with Crippen LogP contribution in [0.3, 0.4) is 0 Å². The number of thiophene rings is 1. The minimum Gasteiger partial charge on any atom is -0.352 e. The number of nitrogens with one attached hydrogen (secondary N) is 3. The number of hydrogen-bond acceptors (Lipinski definition) is 5. The number of nitrogens with zero attached hydrogens (tertiary/aromatic N) is 2. The van der Waals surface area contributed by atoms with E-state index in [2.05, 4.69) is 20.9 Å². The molecule has 2 heterocycles. The van der Waals surface area contributed by atoms with E-state index in [0.29, 0.717) is 35.3 Å². The molecule has 5 rings (SSSR count). The second-order valence-electron chi connectivity index (χ2n) is 8.89. The highest BCUT2D eigenvalue weighted by Gasteiger charge is 2.35. The average molecular weight is 442 g/mol. The maximum absolute atomic E-state index is 13.2. The lowest BCUT2D eigenvalue weighted by Gasteiger charge is -2.25. The molecule has 2 aromatic rings.